The number of aliphatic hydroxyl groups is 1. The molecule has 1 aromatic carbocycles. The van der Waals surface area contributed by atoms with E-state index in [9.17, 15) is 12.8 Å². The second-order valence-corrected chi connectivity index (χ2v) is 6.83. The second kappa shape index (κ2) is 7.31. The molecule has 7 heteroatoms. The van der Waals surface area contributed by atoms with E-state index in [2.05, 4.69) is 4.72 Å². The van der Waals surface area contributed by atoms with Gasteiger partial charge in [0.25, 0.3) is 0 Å². The molecule has 1 aliphatic rings. The predicted molar refractivity (Wildman–Crippen MR) is 75.7 cm³/mol. The van der Waals surface area contributed by atoms with Crippen molar-refractivity contribution < 1.29 is 22.7 Å². The molecular weight excluding hydrogens is 297 g/mol. The van der Waals surface area contributed by atoms with Crippen LogP contribution in [-0.4, -0.2) is 32.8 Å². The Hall–Kier alpha value is -1.02. The zero-order valence-corrected chi connectivity index (χ0v) is 12.5. The number of ether oxygens (including phenoxy) is 1. The van der Waals surface area contributed by atoms with Gasteiger partial charge in [0, 0.05) is 6.54 Å². The van der Waals surface area contributed by atoms with E-state index in [4.69, 9.17) is 9.84 Å². The van der Waals surface area contributed by atoms with E-state index in [1.54, 1.807) is 0 Å². The molecule has 1 saturated carbocycles. The van der Waals surface area contributed by atoms with Crippen molar-refractivity contribution in [3.8, 4) is 0 Å². The Labute approximate surface area is 124 Å². The first-order valence-electron chi connectivity index (χ1n) is 7.03. The Balaban J connectivity index is 1.91. The molecule has 0 unspecified atom stereocenters. The summed E-state index contributed by atoms with van der Waals surface area (Å²) in [5.74, 6) is -0.837. The second-order valence-electron chi connectivity index (χ2n) is 5.10. The summed E-state index contributed by atoms with van der Waals surface area (Å²) in [5, 5.41) is 9.00. The molecule has 0 heterocycles. The van der Waals surface area contributed by atoms with Crippen molar-refractivity contribution in [3.05, 3.63) is 29.6 Å². The van der Waals surface area contributed by atoms with Gasteiger partial charge in [0.1, 0.15) is 10.7 Å². The summed E-state index contributed by atoms with van der Waals surface area (Å²) in [6.45, 7) is 0.0282. The Morgan fingerprint density at radius 1 is 1.33 bits per heavy atom. The Kier molecular flexibility index (Phi) is 5.69. The third-order valence-electron chi connectivity index (χ3n) is 3.52. The van der Waals surface area contributed by atoms with E-state index in [0.717, 1.165) is 37.8 Å². The molecule has 2 rings (SSSR count). The summed E-state index contributed by atoms with van der Waals surface area (Å²) in [5.41, 5.74) is 0.346. The molecule has 21 heavy (non-hydrogen) atoms. The molecule has 0 radical (unpaired) electrons. The van der Waals surface area contributed by atoms with Gasteiger partial charge < -0.3 is 9.84 Å². The fraction of sp³-hybridized carbons (Fsp3) is 0.571. The third kappa shape index (κ3) is 4.47. The Bertz CT molecular complexity index is 570. The summed E-state index contributed by atoms with van der Waals surface area (Å²) in [6, 6.07) is 3.52. The first-order chi connectivity index (χ1) is 10.0. The summed E-state index contributed by atoms with van der Waals surface area (Å²) in [6.07, 6.45) is 4.54. The average molecular weight is 317 g/mol. The molecule has 0 aliphatic heterocycles. The van der Waals surface area contributed by atoms with E-state index in [1.807, 2.05) is 0 Å². The molecule has 0 amide bonds. The molecule has 0 aromatic heterocycles. The van der Waals surface area contributed by atoms with Crippen LogP contribution in [0, 0.1) is 5.82 Å². The number of halogens is 1. The highest BCUT2D eigenvalue weighted by Crippen LogP contribution is 2.20. The van der Waals surface area contributed by atoms with Crippen LogP contribution in [0.5, 0.6) is 0 Å². The highest BCUT2D eigenvalue weighted by atomic mass is 32.2. The molecular formula is C14H20FNO4S. The number of hydrogen-bond acceptors (Lipinski definition) is 4. The Morgan fingerprint density at radius 3 is 2.71 bits per heavy atom. The highest BCUT2D eigenvalue weighted by Gasteiger charge is 2.20. The maximum absolute atomic E-state index is 13.6. The molecule has 0 saturated heterocycles. The van der Waals surface area contributed by atoms with Crippen LogP contribution in [0.4, 0.5) is 4.39 Å². The molecule has 0 bridgehead atoms. The zero-order chi connectivity index (χ0) is 15.3. The number of benzene rings is 1. The monoisotopic (exact) mass is 317 g/mol. The van der Waals surface area contributed by atoms with Crippen LogP contribution in [-0.2, 0) is 21.4 Å². The van der Waals surface area contributed by atoms with Gasteiger partial charge in [0.05, 0.1) is 19.3 Å². The van der Waals surface area contributed by atoms with Crippen LogP contribution in [0.3, 0.4) is 0 Å². The molecule has 1 aliphatic carbocycles. The first-order valence-corrected chi connectivity index (χ1v) is 8.52. The first kappa shape index (κ1) is 16.4. The van der Waals surface area contributed by atoms with E-state index in [1.165, 1.54) is 6.07 Å². The lowest BCUT2D eigenvalue weighted by Crippen LogP contribution is -2.29. The van der Waals surface area contributed by atoms with E-state index < -0.39 is 20.7 Å². The van der Waals surface area contributed by atoms with Gasteiger partial charge in [-0.3, -0.25) is 0 Å². The van der Waals surface area contributed by atoms with Crippen LogP contribution in [0.1, 0.15) is 31.2 Å². The van der Waals surface area contributed by atoms with Gasteiger partial charge in [-0.1, -0.05) is 18.9 Å². The molecule has 0 spiro atoms. The fourth-order valence-corrected chi connectivity index (χ4v) is 3.53. The minimum absolute atomic E-state index is 0.0988. The van der Waals surface area contributed by atoms with Crippen molar-refractivity contribution in [2.75, 3.05) is 13.2 Å². The van der Waals surface area contributed by atoms with Gasteiger partial charge in [0.15, 0.2) is 0 Å². The van der Waals surface area contributed by atoms with Crippen LogP contribution >= 0.6 is 0 Å². The van der Waals surface area contributed by atoms with Crippen molar-refractivity contribution >= 4 is 10.0 Å². The van der Waals surface area contributed by atoms with Gasteiger partial charge in [-0.2, -0.15) is 0 Å². The standard InChI is InChI=1S/C14H20FNO4S/c15-13-6-5-11(10-17)9-14(13)21(18,19)16-7-8-20-12-3-1-2-4-12/h5-6,9,12,16-17H,1-4,7-8,10H2. The number of sulfonamides is 1. The average Bonchev–Trinajstić information content (AvgIpc) is 2.97. The summed E-state index contributed by atoms with van der Waals surface area (Å²) in [4.78, 5) is -0.449. The Morgan fingerprint density at radius 2 is 2.05 bits per heavy atom. The molecule has 0 atom stereocenters. The summed E-state index contributed by atoms with van der Waals surface area (Å²) >= 11 is 0. The van der Waals surface area contributed by atoms with E-state index >= 15 is 0 Å². The van der Waals surface area contributed by atoms with Gasteiger partial charge >= 0.3 is 0 Å². The molecule has 2 N–H and O–H groups in total. The van der Waals surface area contributed by atoms with Gasteiger partial charge in [0.2, 0.25) is 10.0 Å². The van der Waals surface area contributed by atoms with Crippen molar-refractivity contribution in [1.29, 1.82) is 0 Å². The number of aliphatic hydroxyl groups excluding tert-OH is 1. The number of hydrogen-bond donors (Lipinski definition) is 2. The molecule has 1 aromatic rings. The molecule has 1 fully saturated rings. The van der Waals surface area contributed by atoms with Gasteiger partial charge in [-0.15, -0.1) is 0 Å². The lowest BCUT2D eigenvalue weighted by atomic mass is 10.2. The van der Waals surface area contributed by atoms with Crippen molar-refractivity contribution in [2.45, 2.75) is 43.3 Å². The van der Waals surface area contributed by atoms with Gasteiger partial charge in [-0.25, -0.2) is 17.5 Å². The van der Waals surface area contributed by atoms with Crippen molar-refractivity contribution in [2.24, 2.45) is 0 Å². The van der Waals surface area contributed by atoms with E-state index in [-0.39, 0.29) is 25.9 Å². The molecule has 5 nitrogen and oxygen atoms in total. The van der Waals surface area contributed by atoms with Gasteiger partial charge in [-0.05, 0) is 30.5 Å². The minimum atomic E-state index is -3.94. The number of nitrogens with one attached hydrogen (secondary N) is 1. The zero-order valence-electron chi connectivity index (χ0n) is 11.7. The van der Waals surface area contributed by atoms with Crippen LogP contribution < -0.4 is 4.72 Å². The van der Waals surface area contributed by atoms with Crippen LogP contribution in [0.15, 0.2) is 23.1 Å². The maximum atomic E-state index is 13.6. The predicted octanol–water partition coefficient (Wildman–Crippen LogP) is 1.56. The van der Waals surface area contributed by atoms with E-state index in [0.29, 0.717) is 5.56 Å². The largest absolute Gasteiger partial charge is 0.392 e. The smallest absolute Gasteiger partial charge is 0.243 e. The fourth-order valence-electron chi connectivity index (χ4n) is 2.39. The maximum Gasteiger partial charge on any atom is 0.243 e. The lowest BCUT2D eigenvalue weighted by molar-refractivity contribution is 0.0626. The lowest BCUT2D eigenvalue weighted by Gasteiger charge is -2.12. The van der Waals surface area contributed by atoms with Crippen LogP contribution in [0.25, 0.3) is 0 Å². The van der Waals surface area contributed by atoms with Crippen molar-refractivity contribution in [3.63, 3.8) is 0 Å². The number of rotatable bonds is 7. The normalized spacial score (nSPS) is 16.5. The summed E-state index contributed by atoms with van der Waals surface area (Å²) in [7, 11) is -3.94. The van der Waals surface area contributed by atoms with Crippen LogP contribution in [0.2, 0.25) is 0 Å². The molecule has 118 valence electrons. The highest BCUT2D eigenvalue weighted by molar-refractivity contribution is 7.89. The quantitative estimate of drug-likeness (QED) is 0.748. The summed E-state index contributed by atoms with van der Waals surface area (Å²) < 4.78 is 45.5. The topological polar surface area (TPSA) is 75.6 Å². The van der Waals surface area contributed by atoms with Crippen molar-refractivity contribution in [1.82, 2.24) is 4.72 Å². The third-order valence-corrected chi connectivity index (χ3v) is 4.99. The SMILES string of the molecule is O=S(=O)(NCCOC1CCCC1)c1cc(CO)ccc1F. The minimum Gasteiger partial charge on any atom is -0.392 e.